The smallest absolute Gasteiger partial charge is 0.348 e. The van der Waals surface area contributed by atoms with Gasteiger partial charge in [0, 0.05) is 0 Å². The molecule has 0 unspecified atom stereocenters. The van der Waals surface area contributed by atoms with Crippen molar-refractivity contribution in [2.75, 3.05) is 12.9 Å². The number of rotatable bonds is 5. The van der Waals surface area contributed by atoms with Crippen molar-refractivity contribution < 1.29 is 14.6 Å². The van der Waals surface area contributed by atoms with Crippen molar-refractivity contribution in [1.82, 2.24) is 14.8 Å². The van der Waals surface area contributed by atoms with E-state index in [4.69, 9.17) is 9.84 Å². The quantitative estimate of drug-likeness (QED) is 0.800. The second-order valence-corrected chi connectivity index (χ2v) is 4.93. The van der Waals surface area contributed by atoms with Crippen molar-refractivity contribution in [2.45, 2.75) is 12.1 Å². The third-order valence-corrected chi connectivity index (χ3v) is 3.53. The van der Waals surface area contributed by atoms with Crippen molar-refractivity contribution in [2.24, 2.45) is 0 Å². The van der Waals surface area contributed by atoms with E-state index in [2.05, 4.69) is 10.2 Å². The van der Waals surface area contributed by atoms with Crippen LogP contribution in [0.1, 0.15) is 5.56 Å². The molecular weight excluding hydrogens is 282 g/mol. The Balaban J connectivity index is 2.41. The molecular formula is C12H13N3O4S. The number of nitrogens with one attached hydrogen (secondary N) is 1. The summed E-state index contributed by atoms with van der Waals surface area (Å²) in [6.07, 6.45) is 0. The summed E-state index contributed by atoms with van der Waals surface area (Å²) in [4.78, 5) is 22.4. The van der Waals surface area contributed by atoms with E-state index >= 15 is 0 Å². The number of thioether (sulfide) groups is 1. The minimum atomic E-state index is -0.970. The van der Waals surface area contributed by atoms with E-state index in [1.54, 1.807) is 25.3 Å². The predicted octanol–water partition coefficient (Wildman–Crippen LogP) is 1.05. The molecule has 1 aromatic heterocycles. The fourth-order valence-electron chi connectivity index (χ4n) is 1.74. The number of aryl methyl sites for hydroxylation is 1. The molecule has 0 saturated heterocycles. The molecule has 0 aliphatic heterocycles. The van der Waals surface area contributed by atoms with E-state index in [0.29, 0.717) is 16.6 Å². The van der Waals surface area contributed by atoms with Crippen LogP contribution >= 0.6 is 11.8 Å². The van der Waals surface area contributed by atoms with Gasteiger partial charge in [-0.1, -0.05) is 11.8 Å². The molecule has 20 heavy (non-hydrogen) atoms. The number of hydrogen-bond donors (Lipinski definition) is 2. The van der Waals surface area contributed by atoms with Gasteiger partial charge < -0.3 is 9.84 Å². The number of ether oxygens (including phenoxy) is 1. The van der Waals surface area contributed by atoms with Gasteiger partial charge in [-0.05, 0) is 30.7 Å². The van der Waals surface area contributed by atoms with Crippen LogP contribution < -0.4 is 10.4 Å². The molecule has 0 atom stereocenters. The van der Waals surface area contributed by atoms with Crippen LogP contribution in [0.15, 0.2) is 28.2 Å². The summed E-state index contributed by atoms with van der Waals surface area (Å²) < 4.78 is 6.50. The second-order valence-electron chi connectivity index (χ2n) is 3.98. The highest BCUT2D eigenvalue weighted by molar-refractivity contribution is 7.99. The zero-order valence-corrected chi connectivity index (χ0v) is 11.7. The molecule has 0 spiro atoms. The minimum absolute atomic E-state index is 0.167. The minimum Gasteiger partial charge on any atom is -0.496 e. The molecule has 2 aromatic rings. The van der Waals surface area contributed by atoms with Crippen LogP contribution in [-0.4, -0.2) is 38.7 Å². The highest BCUT2D eigenvalue weighted by Crippen LogP contribution is 2.23. The summed E-state index contributed by atoms with van der Waals surface area (Å²) in [6.45, 7) is 1.86. The lowest BCUT2D eigenvalue weighted by Gasteiger charge is -2.08. The Morgan fingerprint density at radius 1 is 1.55 bits per heavy atom. The van der Waals surface area contributed by atoms with Gasteiger partial charge in [-0.15, -0.1) is 5.10 Å². The average molecular weight is 295 g/mol. The van der Waals surface area contributed by atoms with Crippen molar-refractivity contribution in [3.8, 4) is 11.4 Å². The Hall–Kier alpha value is -2.22. The maximum Gasteiger partial charge on any atom is 0.348 e. The Labute approximate surface area is 118 Å². The van der Waals surface area contributed by atoms with Gasteiger partial charge in [0.15, 0.2) is 5.16 Å². The van der Waals surface area contributed by atoms with Crippen LogP contribution in [0.4, 0.5) is 0 Å². The number of carbonyl (C=O) groups is 1. The Morgan fingerprint density at radius 3 is 2.90 bits per heavy atom. The summed E-state index contributed by atoms with van der Waals surface area (Å²) in [5.41, 5.74) is 1.06. The molecule has 7 nitrogen and oxygen atoms in total. The summed E-state index contributed by atoms with van der Waals surface area (Å²) in [6, 6.07) is 5.24. The average Bonchev–Trinajstić information content (AvgIpc) is 2.77. The number of methoxy groups -OCH3 is 1. The number of nitrogens with zero attached hydrogens (tertiary/aromatic N) is 2. The maximum absolute atomic E-state index is 11.8. The van der Waals surface area contributed by atoms with Gasteiger partial charge in [-0.2, -0.15) is 0 Å². The molecule has 0 amide bonds. The lowest BCUT2D eigenvalue weighted by molar-refractivity contribution is -0.133. The first kappa shape index (κ1) is 14.2. The SMILES string of the molecule is COc1ccc(-n2c(SCC(=O)O)n[nH]c2=O)cc1C. The van der Waals surface area contributed by atoms with Crippen molar-refractivity contribution >= 4 is 17.7 Å². The fraction of sp³-hybridized carbons (Fsp3) is 0.250. The molecule has 1 heterocycles. The summed E-state index contributed by atoms with van der Waals surface area (Å²) in [7, 11) is 1.57. The number of hydrogen-bond acceptors (Lipinski definition) is 5. The molecule has 2 N–H and O–H groups in total. The third kappa shape index (κ3) is 2.85. The van der Waals surface area contributed by atoms with E-state index in [-0.39, 0.29) is 5.75 Å². The molecule has 0 saturated carbocycles. The zero-order valence-electron chi connectivity index (χ0n) is 10.9. The molecule has 8 heteroatoms. The van der Waals surface area contributed by atoms with E-state index in [0.717, 1.165) is 17.3 Å². The van der Waals surface area contributed by atoms with Crippen molar-refractivity contribution in [1.29, 1.82) is 0 Å². The van der Waals surface area contributed by atoms with Gasteiger partial charge in [-0.3, -0.25) is 4.79 Å². The van der Waals surface area contributed by atoms with Gasteiger partial charge in [0.2, 0.25) is 0 Å². The van der Waals surface area contributed by atoms with Gasteiger partial charge in [-0.25, -0.2) is 14.5 Å². The molecule has 0 aliphatic carbocycles. The predicted molar refractivity (Wildman–Crippen MR) is 73.8 cm³/mol. The van der Waals surface area contributed by atoms with Crippen LogP contribution in [0.5, 0.6) is 5.75 Å². The Morgan fingerprint density at radius 2 is 2.30 bits per heavy atom. The Kier molecular flexibility index (Phi) is 4.14. The number of carboxylic acid groups (broad SMARTS) is 1. The van der Waals surface area contributed by atoms with Crippen molar-refractivity contribution in [3.63, 3.8) is 0 Å². The largest absolute Gasteiger partial charge is 0.496 e. The van der Waals surface area contributed by atoms with Crippen LogP contribution in [0.3, 0.4) is 0 Å². The molecule has 0 aliphatic rings. The zero-order chi connectivity index (χ0) is 14.7. The first-order valence-electron chi connectivity index (χ1n) is 5.70. The topological polar surface area (TPSA) is 97.2 Å². The number of H-pyrrole nitrogens is 1. The van der Waals surface area contributed by atoms with Gasteiger partial charge >= 0.3 is 11.7 Å². The summed E-state index contributed by atoms with van der Waals surface area (Å²) >= 11 is 0.976. The number of carboxylic acids is 1. The van der Waals surface area contributed by atoms with E-state index < -0.39 is 11.7 Å². The van der Waals surface area contributed by atoms with E-state index in [1.165, 1.54) is 4.57 Å². The van der Waals surface area contributed by atoms with Crippen LogP contribution in [0.25, 0.3) is 5.69 Å². The fourth-order valence-corrected chi connectivity index (χ4v) is 2.42. The van der Waals surface area contributed by atoms with Gasteiger partial charge in [0.1, 0.15) is 5.75 Å². The molecule has 1 aromatic carbocycles. The Bertz CT molecular complexity index is 692. The molecule has 2 rings (SSSR count). The maximum atomic E-state index is 11.8. The highest BCUT2D eigenvalue weighted by atomic mass is 32.2. The standard InChI is InChI=1S/C12H13N3O4S/c1-7-5-8(3-4-9(7)19-2)15-11(18)13-14-12(15)20-6-10(16)17/h3-5H,6H2,1-2H3,(H,13,18)(H,16,17). The van der Waals surface area contributed by atoms with E-state index in [1.807, 2.05) is 6.92 Å². The molecule has 0 fully saturated rings. The second kappa shape index (κ2) is 5.83. The number of aromatic nitrogens is 3. The first-order chi connectivity index (χ1) is 9.52. The number of benzene rings is 1. The number of aliphatic carboxylic acids is 1. The molecule has 106 valence electrons. The normalized spacial score (nSPS) is 10.5. The van der Waals surface area contributed by atoms with Crippen LogP contribution in [0.2, 0.25) is 0 Å². The summed E-state index contributed by atoms with van der Waals surface area (Å²) in [5, 5.41) is 15.2. The summed E-state index contributed by atoms with van der Waals surface area (Å²) in [5.74, 6) is -0.424. The third-order valence-electron chi connectivity index (χ3n) is 2.60. The number of aromatic amines is 1. The van der Waals surface area contributed by atoms with Gasteiger partial charge in [0.05, 0.1) is 18.6 Å². The lowest BCUT2D eigenvalue weighted by atomic mass is 10.2. The van der Waals surface area contributed by atoms with Crippen molar-refractivity contribution in [3.05, 3.63) is 34.2 Å². The lowest BCUT2D eigenvalue weighted by Crippen LogP contribution is -2.16. The van der Waals surface area contributed by atoms with Crippen LogP contribution in [-0.2, 0) is 4.79 Å². The highest BCUT2D eigenvalue weighted by Gasteiger charge is 2.13. The molecule has 0 bridgehead atoms. The first-order valence-corrected chi connectivity index (χ1v) is 6.68. The van der Waals surface area contributed by atoms with E-state index in [9.17, 15) is 9.59 Å². The monoisotopic (exact) mass is 295 g/mol. The van der Waals surface area contributed by atoms with Gasteiger partial charge in [0.25, 0.3) is 0 Å². The van der Waals surface area contributed by atoms with Crippen LogP contribution in [0, 0.1) is 6.92 Å². The molecule has 0 radical (unpaired) electrons.